The Labute approximate surface area is 133 Å². The second kappa shape index (κ2) is 7.63. The van der Waals surface area contributed by atoms with Crippen molar-refractivity contribution in [2.45, 2.75) is 10.4 Å². The van der Waals surface area contributed by atoms with E-state index in [4.69, 9.17) is 4.74 Å². The van der Waals surface area contributed by atoms with E-state index in [2.05, 4.69) is 27.6 Å². The van der Waals surface area contributed by atoms with E-state index in [0.717, 1.165) is 21.0 Å². The monoisotopic (exact) mass is 324 g/mol. The second-order valence-electron chi connectivity index (χ2n) is 4.67. The van der Waals surface area contributed by atoms with Crippen molar-refractivity contribution in [1.82, 2.24) is 15.5 Å². The van der Waals surface area contributed by atoms with Crippen LogP contribution < -0.4 is 15.0 Å². The van der Waals surface area contributed by atoms with Gasteiger partial charge in [0.15, 0.2) is 4.34 Å². The predicted octanol–water partition coefficient (Wildman–Crippen LogP) is 2.67. The highest BCUT2D eigenvalue weighted by molar-refractivity contribution is 8.01. The lowest BCUT2D eigenvalue weighted by Crippen LogP contribution is -2.18. The lowest BCUT2D eigenvalue weighted by atomic mass is 10.1. The number of benzene rings is 1. The topological polar surface area (TPSA) is 50.3 Å². The first-order chi connectivity index (χ1) is 10.1. The number of nitrogens with zero attached hydrogens (tertiary/aromatic N) is 3. The molecule has 0 bridgehead atoms. The fraction of sp³-hybridized carbons (Fsp3) is 0.429. The van der Waals surface area contributed by atoms with E-state index in [1.807, 2.05) is 38.2 Å². The fourth-order valence-corrected chi connectivity index (χ4v) is 3.73. The van der Waals surface area contributed by atoms with Crippen LogP contribution in [0.1, 0.15) is 11.6 Å². The molecule has 0 radical (unpaired) electrons. The number of rotatable bonds is 7. The Bertz CT molecular complexity index is 574. The molecule has 1 aromatic carbocycles. The van der Waals surface area contributed by atoms with E-state index >= 15 is 0 Å². The molecule has 0 aliphatic heterocycles. The van der Waals surface area contributed by atoms with Gasteiger partial charge in [-0.05, 0) is 24.7 Å². The van der Waals surface area contributed by atoms with Gasteiger partial charge in [-0.25, -0.2) is 0 Å². The van der Waals surface area contributed by atoms with Gasteiger partial charge in [0.05, 0.1) is 7.11 Å². The Hall–Kier alpha value is -1.31. The Morgan fingerprint density at radius 2 is 2.19 bits per heavy atom. The van der Waals surface area contributed by atoms with Crippen LogP contribution in [0.4, 0.5) is 5.13 Å². The molecule has 0 aliphatic carbocycles. The van der Waals surface area contributed by atoms with Crippen LogP contribution in [-0.2, 0) is 0 Å². The van der Waals surface area contributed by atoms with Gasteiger partial charge in [0.1, 0.15) is 5.75 Å². The van der Waals surface area contributed by atoms with E-state index in [1.54, 1.807) is 30.2 Å². The first-order valence-electron chi connectivity index (χ1n) is 6.59. The maximum Gasteiger partial charge on any atom is 0.208 e. The number of hydrogen-bond donors (Lipinski definition) is 1. The Balaban J connectivity index is 2.01. The van der Waals surface area contributed by atoms with Gasteiger partial charge >= 0.3 is 0 Å². The highest BCUT2D eigenvalue weighted by Crippen LogP contribution is 2.30. The van der Waals surface area contributed by atoms with E-state index < -0.39 is 0 Å². The molecule has 0 aliphatic rings. The maximum atomic E-state index is 5.28. The summed E-state index contributed by atoms with van der Waals surface area (Å²) in [5.41, 5.74) is 1.21. The molecule has 1 unspecified atom stereocenters. The van der Waals surface area contributed by atoms with E-state index in [0.29, 0.717) is 0 Å². The summed E-state index contributed by atoms with van der Waals surface area (Å²) in [7, 11) is 7.60. The summed E-state index contributed by atoms with van der Waals surface area (Å²) in [4.78, 5) is 1.97. The summed E-state index contributed by atoms with van der Waals surface area (Å²) in [6.45, 7) is 0. The average molecular weight is 324 g/mol. The molecule has 1 N–H and O–H groups in total. The van der Waals surface area contributed by atoms with Crippen molar-refractivity contribution in [3.05, 3.63) is 29.8 Å². The summed E-state index contributed by atoms with van der Waals surface area (Å²) >= 11 is 3.33. The highest BCUT2D eigenvalue weighted by Gasteiger charge is 2.13. The van der Waals surface area contributed by atoms with Crippen molar-refractivity contribution in [2.24, 2.45) is 0 Å². The van der Waals surface area contributed by atoms with Gasteiger partial charge in [-0.3, -0.25) is 0 Å². The smallest absolute Gasteiger partial charge is 0.208 e. The third-order valence-electron chi connectivity index (χ3n) is 3.00. The van der Waals surface area contributed by atoms with Crippen molar-refractivity contribution in [3.63, 3.8) is 0 Å². The molecule has 2 aromatic rings. The summed E-state index contributed by atoms with van der Waals surface area (Å²) < 4.78 is 6.27. The van der Waals surface area contributed by atoms with E-state index in [9.17, 15) is 0 Å². The number of hydrogen-bond acceptors (Lipinski definition) is 7. The lowest BCUT2D eigenvalue weighted by Gasteiger charge is -2.16. The molecule has 2 rings (SSSR count). The minimum atomic E-state index is 0.247. The molecule has 0 saturated heterocycles. The molecule has 5 nitrogen and oxygen atoms in total. The van der Waals surface area contributed by atoms with E-state index in [1.165, 1.54) is 5.56 Å². The molecule has 1 atom stereocenters. The average Bonchev–Trinajstić information content (AvgIpc) is 2.97. The van der Waals surface area contributed by atoms with Crippen molar-refractivity contribution in [1.29, 1.82) is 0 Å². The molecule has 21 heavy (non-hydrogen) atoms. The zero-order valence-corrected chi connectivity index (χ0v) is 14.3. The Morgan fingerprint density at radius 1 is 1.38 bits per heavy atom. The van der Waals surface area contributed by atoms with Crippen LogP contribution in [0, 0.1) is 0 Å². The fourth-order valence-electron chi connectivity index (χ4n) is 1.80. The third-order valence-corrected chi connectivity index (χ3v) is 5.31. The molecule has 1 heterocycles. The van der Waals surface area contributed by atoms with E-state index in [-0.39, 0.29) is 6.04 Å². The second-order valence-corrected chi connectivity index (χ2v) is 6.90. The largest absolute Gasteiger partial charge is 0.497 e. The Kier molecular flexibility index (Phi) is 5.84. The molecule has 7 heteroatoms. The van der Waals surface area contributed by atoms with Crippen LogP contribution in [0.5, 0.6) is 5.75 Å². The zero-order valence-electron chi connectivity index (χ0n) is 12.7. The standard InChI is InChI=1S/C14H20N4OS2/c1-15-12(10-6-5-7-11(8-10)19-4)9-20-14-17-16-13(21-14)18(2)3/h5-8,12,15H,9H2,1-4H3. The van der Waals surface area contributed by atoms with Crippen LogP contribution in [-0.4, -0.2) is 44.2 Å². The number of ether oxygens (including phenoxy) is 1. The van der Waals surface area contributed by atoms with Crippen molar-refractivity contribution in [3.8, 4) is 5.75 Å². The summed E-state index contributed by atoms with van der Waals surface area (Å²) in [5.74, 6) is 1.77. The summed E-state index contributed by atoms with van der Waals surface area (Å²) in [6, 6.07) is 8.38. The third kappa shape index (κ3) is 4.33. The summed E-state index contributed by atoms with van der Waals surface area (Å²) in [5, 5.41) is 12.6. The van der Waals surface area contributed by atoms with Gasteiger partial charge in [0.25, 0.3) is 0 Å². The number of methoxy groups -OCH3 is 1. The highest BCUT2D eigenvalue weighted by atomic mass is 32.2. The van der Waals surface area contributed by atoms with Crippen molar-refractivity contribution in [2.75, 3.05) is 38.9 Å². The SMILES string of the molecule is CNC(CSc1nnc(N(C)C)s1)c1cccc(OC)c1. The molecule has 0 amide bonds. The predicted molar refractivity (Wildman–Crippen MR) is 89.8 cm³/mol. The molecule has 0 fully saturated rings. The summed E-state index contributed by atoms with van der Waals surface area (Å²) in [6.07, 6.45) is 0. The zero-order chi connectivity index (χ0) is 15.2. The van der Waals surface area contributed by atoms with Crippen LogP contribution in [0.25, 0.3) is 0 Å². The normalized spacial score (nSPS) is 12.2. The lowest BCUT2D eigenvalue weighted by molar-refractivity contribution is 0.413. The van der Waals surface area contributed by atoms with Gasteiger partial charge in [0, 0.05) is 25.9 Å². The molecule has 1 aromatic heterocycles. The van der Waals surface area contributed by atoms with Crippen LogP contribution in [0.3, 0.4) is 0 Å². The first-order valence-corrected chi connectivity index (χ1v) is 8.39. The maximum absolute atomic E-state index is 5.28. The van der Waals surface area contributed by atoms with Crippen molar-refractivity contribution >= 4 is 28.2 Å². The van der Waals surface area contributed by atoms with Gasteiger partial charge in [-0.1, -0.05) is 35.2 Å². The van der Waals surface area contributed by atoms with Crippen molar-refractivity contribution < 1.29 is 4.74 Å². The van der Waals surface area contributed by atoms with Gasteiger partial charge in [0.2, 0.25) is 5.13 Å². The molecule has 0 saturated carbocycles. The number of nitrogens with one attached hydrogen (secondary N) is 1. The van der Waals surface area contributed by atoms with Gasteiger partial charge in [-0.15, -0.1) is 10.2 Å². The minimum Gasteiger partial charge on any atom is -0.497 e. The minimum absolute atomic E-state index is 0.247. The van der Waals surface area contributed by atoms with Gasteiger partial charge in [-0.2, -0.15) is 0 Å². The number of anilines is 1. The molecular weight excluding hydrogens is 304 g/mol. The van der Waals surface area contributed by atoms with Crippen LogP contribution in [0.15, 0.2) is 28.6 Å². The molecule has 0 spiro atoms. The molecule has 114 valence electrons. The quantitative estimate of drug-likeness (QED) is 0.790. The van der Waals surface area contributed by atoms with Crippen LogP contribution >= 0.6 is 23.1 Å². The number of thioether (sulfide) groups is 1. The number of aromatic nitrogens is 2. The van der Waals surface area contributed by atoms with Crippen LogP contribution in [0.2, 0.25) is 0 Å². The molecular formula is C14H20N4OS2. The first kappa shape index (κ1) is 16.1. The Morgan fingerprint density at radius 3 is 2.81 bits per heavy atom. The van der Waals surface area contributed by atoms with Gasteiger partial charge < -0.3 is 15.0 Å².